The monoisotopic (exact) mass is 469 g/mol. The van der Waals surface area contributed by atoms with Gasteiger partial charge in [0.1, 0.15) is 0 Å². The van der Waals surface area contributed by atoms with Crippen LogP contribution < -0.4 is 5.32 Å². The number of halogens is 3. The van der Waals surface area contributed by atoms with Crippen LogP contribution in [0.3, 0.4) is 0 Å². The second kappa shape index (κ2) is 9.50. The van der Waals surface area contributed by atoms with Gasteiger partial charge in [0.25, 0.3) is 0 Å². The van der Waals surface area contributed by atoms with Gasteiger partial charge in [-0.2, -0.15) is 13.2 Å². The molecule has 1 unspecified atom stereocenters. The minimum absolute atomic E-state index is 0.00238. The molecular weight excluding hydrogens is 435 g/mol. The molecule has 0 aromatic carbocycles. The Balaban J connectivity index is 1.48. The molecule has 0 radical (unpaired) electrons. The number of hydrogen-bond acceptors (Lipinski definition) is 5. The van der Waals surface area contributed by atoms with Crippen LogP contribution in [0.1, 0.15) is 56.4 Å². The predicted molar refractivity (Wildman–Crippen MR) is 116 cm³/mol. The van der Waals surface area contributed by atoms with Gasteiger partial charge in [0.05, 0.1) is 23.7 Å². The van der Waals surface area contributed by atoms with E-state index in [1.54, 1.807) is 12.0 Å². The van der Waals surface area contributed by atoms with E-state index in [1.165, 1.54) is 0 Å². The highest BCUT2D eigenvalue weighted by Crippen LogP contribution is 2.47. The van der Waals surface area contributed by atoms with E-state index in [0.29, 0.717) is 37.4 Å². The molecule has 3 heterocycles. The van der Waals surface area contributed by atoms with Crippen LogP contribution in [0.25, 0.3) is 0 Å². The molecule has 6 nitrogen and oxygen atoms in total. The van der Waals surface area contributed by atoms with E-state index in [0.717, 1.165) is 37.9 Å². The Labute approximate surface area is 193 Å². The van der Waals surface area contributed by atoms with Crippen molar-refractivity contribution in [3.05, 3.63) is 29.1 Å². The summed E-state index contributed by atoms with van der Waals surface area (Å²) >= 11 is 0. The first-order valence-corrected chi connectivity index (χ1v) is 11.8. The van der Waals surface area contributed by atoms with E-state index in [9.17, 15) is 18.0 Å². The quantitative estimate of drug-likeness (QED) is 0.714. The van der Waals surface area contributed by atoms with Gasteiger partial charge < -0.3 is 19.7 Å². The molecule has 1 aromatic rings. The summed E-state index contributed by atoms with van der Waals surface area (Å²) in [4.78, 5) is 19.6. The van der Waals surface area contributed by atoms with Gasteiger partial charge in [-0.05, 0) is 43.2 Å². The minimum Gasteiger partial charge on any atom is -0.379 e. The lowest BCUT2D eigenvalue weighted by molar-refractivity contribution is -0.146. The molecule has 9 heteroatoms. The average Bonchev–Trinajstić information content (AvgIpc) is 3.23. The Morgan fingerprint density at radius 2 is 2.15 bits per heavy atom. The zero-order chi connectivity index (χ0) is 23.8. The smallest absolute Gasteiger partial charge is 0.379 e. The number of rotatable bonds is 5. The van der Waals surface area contributed by atoms with Crippen molar-refractivity contribution in [2.45, 2.75) is 76.9 Å². The lowest BCUT2D eigenvalue weighted by Crippen LogP contribution is -2.52. The van der Waals surface area contributed by atoms with E-state index in [1.807, 2.05) is 0 Å². The Morgan fingerprint density at radius 1 is 1.36 bits per heavy atom. The molecule has 1 amide bonds. The average molecular weight is 470 g/mol. The largest absolute Gasteiger partial charge is 0.417 e. The lowest BCUT2D eigenvalue weighted by Gasteiger charge is -2.40. The molecule has 2 aliphatic heterocycles. The third-order valence-electron chi connectivity index (χ3n) is 7.79. The number of carbonyl (C=O) groups excluding carboxylic acids is 1. The molecule has 2 fully saturated rings. The summed E-state index contributed by atoms with van der Waals surface area (Å²) in [7, 11) is 1.69. The number of hydrogen-bond donors (Lipinski definition) is 1. The third-order valence-corrected chi connectivity index (χ3v) is 7.79. The summed E-state index contributed by atoms with van der Waals surface area (Å²) in [6, 6.07) is 1.55. The van der Waals surface area contributed by atoms with E-state index >= 15 is 0 Å². The number of ether oxygens (including phenoxy) is 2. The molecule has 184 valence electrons. The van der Waals surface area contributed by atoms with Gasteiger partial charge >= 0.3 is 6.18 Å². The highest BCUT2D eigenvalue weighted by molar-refractivity contribution is 5.83. The molecule has 1 aliphatic carbocycles. The van der Waals surface area contributed by atoms with Crippen molar-refractivity contribution in [2.75, 3.05) is 26.9 Å². The summed E-state index contributed by atoms with van der Waals surface area (Å²) < 4.78 is 50.6. The zero-order valence-corrected chi connectivity index (χ0v) is 19.6. The van der Waals surface area contributed by atoms with Gasteiger partial charge in [0, 0.05) is 57.2 Å². The summed E-state index contributed by atoms with van der Waals surface area (Å²) in [5.41, 5.74) is -0.121. The van der Waals surface area contributed by atoms with Crippen molar-refractivity contribution < 1.29 is 27.4 Å². The number of aromatic nitrogens is 1. The van der Waals surface area contributed by atoms with Crippen LogP contribution in [0.15, 0.2) is 12.3 Å². The van der Waals surface area contributed by atoms with Gasteiger partial charge in [-0.15, -0.1) is 0 Å². The molecule has 3 aliphatic rings. The molecule has 0 bridgehead atoms. The molecule has 1 saturated heterocycles. The Hall–Kier alpha value is -1.71. The molecule has 1 aromatic heterocycles. The first kappa shape index (κ1) is 24.4. The first-order chi connectivity index (χ1) is 15.6. The SMILES string of the molecule is CO[C@@H]1COCCC1N[C@@H]1CC[C@@](C(=O)N2CCc3ncc(C(F)(F)F)cc3C2)(C(C)C)C1. The highest BCUT2D eigenvalue weighted by Gasteiger charge is 2.50. The maximum absolute atomic E-state index is 13.8. The van der Waals surface area contributed by atoms with Crippen LogP contribution in [0.2, 0.25) is 0 Å². The fourth-order valence-electron chi connectivity index (χ4n) is 5.69. The van der Waals surface area contributed by atoms with Crippen molar-refractivity contribution in [3.8, 4) is 0 Å². The highest BCUT2D eigenvalue weighted by atomic mass is 19.4. The number of nitrogens with one attached hydrogen (secondary N) is 1. The van der Waals surface area contributed by atoms with Crippen LogP contribution in [0.5, 0.6) is 0 Å². The summed E-state index contributed by atoms with van der Waals surface area (Å²) in [5.74, 6) is 0.186. The molecule has 0 spiro atoms. The van der Waals surface area contributed by atoms with Gasteiger partial charge in [0.15, 0.2) is 0 Å². The number of amides is 1. The molecule has 1 N–H and O–H groups in total. The number of carbonyl (C=O) groups is 1. The van der Waals surface area contributed by atoms with Crippen molar-refractivity contribution in [2.24, 2.45) is 11.3 Å². The van der Waals surface area contributed by atoms with Crippen LogP contribution >= 0.6 is 0 Å². The lowest BCUT2D eigenvalue weighted by atomic mass is 9.74. The van der Waals surface area contributed by atoms with Crippen LogP contribution in [0.4, 0.5) is 13.2 Å². The van der Waals surface area contributed by atoms with Crippen molar-refractivity contribution in [1.82, 2.24) is 15.2 Å². The zero-order valence-electron chi connectivity index (χ0n) is 19.6. The Morgan fingerprint density at radius 3 is 2.85 bits per heavy atom. The second-order valence-electron chi connectivity index (χ2n) is 9.97. The first-order valence-electron chi connectivity index (χ1n) is 11.8. The maximum Gasteiger partial charge on any atom is 0.417 e. The maximum atomic E-state index is 13.8. The van der Waals surface area contributed by atoms with Gasteiger partial charge in [-0.1, -0.05) is 13.8 Å². The van der Waals surface area contributed by atoms with E-state index in [4.69, 9.17) is 9.47 Å². The topological polar surface area (TPSA) is 63.7 Å². The Bertz CT molecular complexity index is 863. The Kier molecular flexibility index (Phi) is 7.03. The molecule has 33 heavy (non-hydrogen) atoms. The van der Waals surface area contributed by atoms with Crippen molar-refractivity contribution in [1.29, 1.82) is 0 Å². The van der Waals surface area contributed by atoms with Gasteiger partial charge in [0.2, 0.25) is 5.91 Å². The summed E-state index contributed by atoms with van der Waals surface area (Å²) in [6.07, 6.45) is 0.180. The van der Waals surface area contributed by atoms with Crippen LogP contribution in [-0.2, 0) is 33.4 Å². The molecule has 4 rings (SSSR count). The fraction of sp³-hybridized carbons (Fsp3) is 0.750. The van der Waals surface area contributed by atoms with Gasteiger partial charge in [-0.25, -0.2) is 0 Å². The second-order valence-corrected chi connectivity index (χ2v) is 9.97. The van der Waals surface area contributed by atoms with Gasteiger partial charge in [-0.3, -0.25) is 9.78 Å². The minimum atomic E-state index is -4.44. The number of fused-ring (bicyclic) bond motifs is 1. The summed E-state index contributed by atoms with van der Waals surface area (Å²) in [6.45, 7) is 6.09. The van der Waals surface area contributed by atoms with Crippen molar-refractivity contribution in [3.63, 3.8) is 0 Å². The number of nitrogens with zero attached hydrogens (tertiary/aromatic N) is 2. The van der Waals surface area contributed by atoms with E-state index < -0.39 is 17.2 Å². The summed E-state index contributed by atoms with van der Waals surface area (Å²) in [5, 5.41) is 3.72. The normalized spacial score (nSPS) is 30.5. The number of methoxy groups -OCH3 is 1. The fourth-order valence-corrected chi connectivity index (χ4v) is 5.69. The molecule has 4 atom stereocenters. The standard InChI is InChI=1S/C24H34F3N3O3/c1-15(2)23(7-4-18(11-23)29-20-6-9-33-14-21(20)32-3)22(31)30-8-5-19-16(13-30)10-17(12-28-19)24(25,26)27/h10,12,15,18,20-21,29H,4-9,11,13-14H2,1-3H3/t18-,20?,21-,23+/m1/s1. The van der Waals surface area contributed by atoms with Crippen LogP contribution in [-0.4, -0.2) is 60.8 Å². The van der Waals surface area contributed by atoms with E-state index in [-0.39, 0.29) is 36.6 Å². The van der Waals surface area contributed by atoms with E-state index in [2.05, 4.69) is 24.1 Å². The van der Waals surface area contributed by atoms with Crippen molar-refractivity contribution >= 4 is 5.91 Å². The third kappa shape index (κ3) is 4.91. The predicted octanol–water partition coefficient (Wildman–Crippen LogP) is 3.57. The van der Waals surface area contributed by atoms with Crippen LogP contribution in [0, 0.1) is 11.3 Å². The molecular formula is C24H34F3N3O3. The number of alkyl halides is 3. The molecule has 1 saturated carbocycles. The number of pyridine rings is 1.